The van der Waals surface area contributed by atoms with Crippen molar-refractivity contribution < 1.29 is 4.74 Å². The molecule has 4 nitrogen and oxygen atoms in total. The minimum Gasteiger partial charge on any atom is -0.367 e. The summed E-state index contributed by atoms with van der Waals surface area (Å²) in [7, 11) is 0. The lowest BCUT2D eigenvalue weighted by atomic mass is 9.78. The highest BCUT2D eigenvalue weighted by Crippen LogP contribution is 2.41. The third-order valence-corrected chi connectivity index (χ3v) is 4.00. The Bertz CT molecular complexity index is 386. The number of nitrogens with zero attached hydrogens (tertiary/aromatic N) is 1. The van der Waals surface area contributed by atoms with E-state index in [1.54, 1.807) is 0 Å². The van der Waals surface area contributed by atoms with Crippen molar-refractivity contribution in [2.24, 2.45) is 5.92 Å². The Morgan fingerprint density at radius 1 is 1.53 bits per heavy atom. The predicted molar refractivity (Wildman–Crippen MR) is 76.9 cm³/mol. The van der Waals surface area contributed by atoms with Crippen LogP contribution in [-0.4, -0.2) is 23.1 Å². The molecule has 0 spiro atoms. The molecular weight excluding hydrogens is 238 g/mol. The van der Waals surface area contributed by atoms with Crippen LogP contribution in [0.4, 0.5) is 0 Å². The van der Waals surface area contributed by atoms with Crippen LogP contribution in [0.3, 0.4) is 0 Å². The summed E-state index contributed by atoms with van der Waals surface area (Å²) in [5.74, 6) is 1.73. The second kappa shape index (κ2) is 6.53. The third-order valence-electron chi connectivity index (χ3n) is 4.00. The molecule has 19 heavy (non-hydrogen) atoms. The molecular formula is C15H27N3O. The normalized spacial score (nSPS) is 27.6. The van der Waals surface area contributed by atoms with Gasteiger partial charge in [-0.25, -0.2) is 4.98 Å². The number of hydrogen-bond acceptors (Lipinski definition) is 3. The lowest BCUT2D eigenvalue weighted by molar-refractivity contribution is -0.0876. The number of ether oxygens (including phenoxy) is 1. The Balaban J connectivity index is 2.15. The molecule has 1 fully saturated rings. The molecule has 1 heterocycles. The van der Waals surface area contributed by atoms with E-state index in [1.165, 1.54) is 12.8 Å². The number of rotatable bonds is 6. The van der Waals surface area contributed by atoms with E-state index in [0.29, 0.717) is 5.92 Å². The summed E-state index contributed by atoms with van der Waals surface area (Å²) in [6, 6.07) is 0. The van der Waals surface area contributed by atoms with E-state index in [4.69, 9.17) is 4.74 Å². The van der Waals surface area contributed by atoms with Gasteiger partial charge < -0.3 is 15.0 Å². The van der Waals surface area contributed by atoms with E-state index in [2.05, 4.69) is 36.1 Å². The Kier molecular flexibility index (Phi) is 4.99. The van der Waals surface area contributed by atoms with E-state index in [-0.39, 0.29) is 5.60 Å². The molecule has 0 saturated heterocycles. The second-order valence-corrected chi connectivity index (χ2v) is 5.67. The minimum atomic E-state index is -0.184. The molecule has 0 aliphatic heterocycles. The zero-order valence-electron chi connectivity index (χ0n) is 12.5. The van der Waals surface area contributed by atoms with Gasteiger partial charge in [-0.15, -0.1) is 0 Å². The summed E-state index contributed by atoms with van der Waals surface area (Å²) in [4.78, 5) is 8.06. The first kappa shape index (κ1) is 14.5. The molecule has 1 aliphatic carbocycles. The molecule has 0 amide bonds. The van der Waals surface area contributed by atoms with Gasteiger partial charge >= 0.3 is 0 Å². The number of aromatic nitrogens is 2. The number of nitrogens with one attached hydrogen (secondary N) is 2. The maximum Gasteiger partial charge on any atom is 0.138 e. The summed E-state index contributed by atoms with van der Waals surface area (Å²) in [5, 5.41) is 3.32. The molecule has 2 rings (SSSR count). The van der Waals surface area contributed by atoms with Crippen molar-refractivity contribution in [2.75, 3.05) is 13.2 Å². The first-order valence-electron chi connectivity index (χ1n) is 7.59. The molecule has 1 saturated carbocycles. The summed E-state index contributed by atoms with van der Waals surface area (Å²) in [6.45, 7) is 9.07. The molecule has 2 unspecified atom stereocenters. The van der Waals surface area contributed by atoms with Crippen LogP contribution in [0, 0.1) is 5.92 Å². The highest BCUT2D eigenvalue weighted by Gasteiger charge is 2.39. The minimum absolute atomic E-state index is 0.184. The average Bonchev–Trinajstić information content (AvgIpc) is 2.86. The fourth-order valence-corrected chi connectivity index (χ4v) is 3.13. The molecule has 1 aliphatic rings. The molecule has 0 bridgehead atoms. The number of H-pyrrole nitrogens is 1. The molecule has 0 radical (unpaired) electrons. The van der Waals surface area contributed by atoms with E-state index >= 15 is 0 Å². The topological polar surface area (TPSA) is 49.9 Å². The van der Waals surface area contributed by atoms with Crippen molar-refractivity contribution in [3.63, 3.8) is 0 Å². The summed E-state index contributed by atoms with van der Waals surface area (Å²) in [5.41, 5.74) is 0.964. The zero-order valence-corrected chi connectivity index (χ0v) is 12.5. The fraction of sp³-hybridized carbons (Fsp3) is 0.800. The predicted octanol–water partition coefficient (Wildman–Crippen LogP) is 2.96. The van der Waals surface area contributed by atoms with Crippen LogP contribution in [-0.2, 0) is 16.9 Å². The van der Waals surface area contributed by atoms with Gasteiger partial charge in [-0.3, -0.25) is 0 Å². The number of aromatic amines is 1. The highest BCUT2D eigenvalue weighted by atomic mass is 16.5. The molecule has 2 atom stereocenters. The SMILES string of the molecule is CCNCc1cnc(C2(OCC)CCCC(C)C2)[nH]1. The van der Waals surface area contributed by atoms with Gasteiger partial charge in [-0.05, 0) is 38.6 Å². The van der Waals surface area contributed by atoms with Gasteiger partial charge in [-0.1, -0.05) is 20.3 Å². The molecule has 1 aromatic heterocycles. The van der Waals surface area contributed by atoms with Gasteiger partial charge in [0.15, 0.2) is 0 Å². The fourth-order valence-electron chi connectivity index (χ4n) is 3.13. The van der Waals surface area contributed by atoms with Crippen LogP contribution in [0.5, 0.6) is 0 Å². The van der Waals surface area contributed by atoms with Gasteiger partial charge in [-0.2, -0.15) is 0 Å². The van der Waals surface area contributed by atoms with E-state index < -0.39 is 0 Å². The Hall–Kier alpha value is -0.870. The van der Waals surface area contributed by atoms with E-state index in [9.17, 15) is 0 Å². The molecule has 0 aromatic carbocycles. The van der Waals surface area contributed by atoms with Crippen LogP contribution < -0.4 is 5.32 Å². The van der Waals surface area contributed by atoms with Crippen molar-refractivity contribution in [3.05, 3.63) is 17.7 Å². The van der Waals surface area contributed by atoms with Crippen LogP contribution in [0.2, 0.25) is 0 Å². The third kappa shape index (κ3) is 3.37. The molecule has 108 valence electrons. The Labute approximate surface area is 116 Å². The Morgan fingerprint density at radius 2 is 2.37 bits per heavy atom. The molecule has 1 aromatic rings. The van der Waals surface area contributed by atoms with Gasteiger partial charge in [0.1, 0.15) is 11.4 Å². The highest BCUT2D eigenvalue weighted by molar-refractivity contribution is 5.10. The average molecular weight is 265 g/mol. The molecule has 2 N–H and O–H groups in total. The van der Waals surface area contributed by atoms with Crippen molar-refractivity contribution in [1.29, 1.82) is 0 Å². The van der Waals surface area contributed by atoms with Crippen molar-refractivity contribution in [1.82, 2.24) is 15.3 Å². The van der Waals surface area contributed by atoms with Crippen molar-refractivity contribution in [2.45, 2.75) is 58.6 Å². The van der Waals surface area contributed by atoms with Gasteiger partial charge in [0.2, 0.25) is 0 Å². The maximum atomic E-state index is 6.13. The van der Waals surface area contributed by atoms with Gasteiger partial charge in [0.25, 0.3) is 0 Å². The standard InChI is InChI=1S/C15H27N3O/c1-4-16-10-13-11-17-14(18-13)15(19-5-2)8-6-7-12(3)9-15/h11-12,16H,4-10H2,1-3H3,(H,17,18). The van der Waals surface area contributed by atoms with E-state index in [0.717, 1.165) is 44.1 Å². The monoisotopic (exact) mass is 265 g/mol. The van der Waals surface area contributed by atoms with Crippen LogP contribution in [0.15, 0.2) is 6.20 Å². The van der Waals surface area contributed by atoms with Crippen molar-refractivity contribution >= 4 is 0 Å². The first-order valence-corrected chi connectivity index (χ1v) is 7.59. The number of hydrogen-bond donors (Lipinski definition) is 2. The van der Waals surface area contributed by atoms with Gasteiger partial charge in [0, 0.05) is 25.0 Å². The summed E-state index contributed by atoms with van der Waals surface area (Å²) >= 11 is 0. The first-order chi connectivity index (χ1) is 9.20. The van der Waals surface area contributed by atoms with E-state index in [1.807, 2.05) is 6.20 Å². The maximum absolute atomic E-state index is 6.13. The largest absolute Gasteiger partial charge is 0.367 e. The lowest BCUT2D eigenvalue weighted by Gasteiger charge is -2.38. The summed E-state index contributed by atoms with van der Waals surface area (Å²) < 4.78 is 6.13. The molecule has 4 heteroatoms. The van der Waals surface area contributed by atoms with Gasteiger partial charge in [0.05, 0.1) is 0 Å². The summed E-state index contributed by atoms with van der Waals surface area (Å²) in [6.07, 6.45) is 6.64. The Morgan fingerprint density at radius 3 is 3.05 bits per heavy atom. The van der Waals surface area contributed by atoms with Crippen LogP contribution in [0.1, 0.15) is 58.0 Å². The zero-order chi connectivity index (χ0) is 13.7. The lowest BCUT2D eigenvalue weighted by Crippen LogP contribution is -2.36. The number of imidazole rings is 1. The van der Waals surface area contributed by atoms with Crippen molar-refractivity contribution in [3.8, 4) is 0 Å². The smallest absolute Gasteiger partial charge is 0.138 e. The van der Waals surface area contributed by atoms with Crippen LogP contribution >= 0.6 is 0 Å². The van der Waals surface area contributed by atoms with Crippen LogP contribution in [0.25, 0.3) is 0 Å². The second-order valence-electron chi connectivity index (χ2n) is 5.67. The quantitative estimate of drug-likeness (QED) is 0.831.